The van der Waals surface area contributed by atoms with Gasteiger partial charge in [0.05, 0.1) is 18.0 Å². The molecule has 112 valence electrons. The molecule has 0 spiro atoms. The van der Waals surface area contributed by atoms with E-state index in [9.17, 15) is 14.3 Å². The molecule has 2 aromatic rings. The van der Waals surface area contributed by atoms with Crippen LogP contribution < -0.4 is 10.6 Å². The third-order valence-electron chi connectivity index (χ3n) is 2.85. The molecule has 0 aliphatic rings. The van der Waals surface area contributed by atoms with Gasteiger partial charge in [-0.25, -0.2) is 9.18 Å². The van der Waals surface area contributed by atoms with Crippen LogP contribution in [-0.4, -0.2) is 22.2 Å². The first kappa shape index (κ1) is 15.4. The number of aromatic nitrogens is 1. The lowest BCUT2D eigenvalue weighted by Crippen LogP contribution is -2.37. The average Bonchev–Trinajstić information content (AvgIpc) is 2.95. The zero-order valence-electron chi connectivity index (χ0n) is 11.4. The predicted octanol–water partition coefficient (Wildman–Crippen LogP) is 2.92. The summed E-state index contributed by atoms with van der Waals surface area (Å²) in [5.74, 6) is -0.598. The Morgan fingerprint density at radius 1 is 1.52 bits per heavy atom. The van der Waals surface area contributed by atoms with Crippen LogP contribution in [0.2, 0.25) is 0 Å². The molecule has 7 heteroatoms. The number of pyridine rings is 1. The van der Waals surface area contributed by atoms with Crippen molar-refractivity contribution in [1.82, 2.24) is 10.3 Å². The molecule has 21 heavy (non-hydrogen) atoms. The van der Waals surface area contributed by atoms with Crippen LogP contribution in [-0.2, 0) is 0 Å². The predicted molar refractivity (Wildman–Crippen MR) is 79.7 cm³/mol. The maximum atomic E-state index is 13.3. The zero-order valence-corrected chi connectivity index (χ0v) is 12.2. The first-order valence-corrected chi connectivity index (χ1v) is 7.32. The van der Waals surface area contributed by atoms with Gasteiger partial charge in [0.2, 0.25) is 0 Å². The summed E-state index contributed by atoms with van der Waals surface area (Å²) in [4.78, 5) is 16.2. The number of hydrogen-bond acceptors (Lipinski definition) is 4. The maximum absolute atomic E-state index is 13.3. The van der Waals surface area contributed by atoms with E-state index in [-0.39, 0.29) is 11.7 Å². The van der Waals surface area contributed by atoms with Crippen LogP contribution in [0, 0.1) is 5.82 Å². The third-order valence-corrected chi connectivity index (χ3v) is 3.82. The Morgan fingerprint density at radius 3 is 3.00 bits per heavy atom. The lowest BCUT2D eigenvalue weighted by Gasteiger charge is -2.17. The molecule has 0 aromatic carbocycles. The lowest BCUT2D eigenvalue weighted by molar-refractivity contribution is 0.158. The number of nitrogens with one attached hydrogen (secondary N) is 2. The highest BCUT2D eigenvalue weighted by molar-refractivity contribution is 7.10. The fraction of sp³-hybridized carbons (Fsp3) is 0.286. The molecule has 2 amide bonds. The van der Waals surface area contributed by atoms with Crippen molar-refractivity contribution in [3.8, 4) is 0 Å². The highest BCUT2D eigenvalue weighted by Crippen LogP contribution is 2.22. The number of halogens is 1. The van der Waals surface area contributed by atoms with E-state index in [0.29, 0.717) is 6.42 Å². The Labute approximate surface area is 125 Å². The summed E-state index contributed by atoms with van der Waals surface area (Å²) < 4.78 is 13.3. The van der Waals surface area contributed by atoms with Crippen molar-refractivity contribution < 1.29 is 14.3 Å². The Morgan fingerprint density at radius 2 is 2.33 bits per heavy atom. The highest BCUT2D eigenvalue weighted by Gasteiger charge is 2.15. The van der Waals surface area contributed by atoms with Gasteiger partial charge in [-0.2, -0.15) is 0 Å². The van der Waals surface area contributed by atoms with Crippen molar-refractivity contribution in [3.63, 3.8) is 0 Å². The summed E-state index contributed by atoms with van der Waals surface area (Å²) in [7, 11) is 0. The van der Waals surface area contributed by atoms with Crippen molar-refractivity contribution in [2.75, 3.05) is 5.32 Å². The van der Waals surface area contributed by atoms with E-state index in [2.05, 4.69) is 15.6 Å². The standard InChI is InChI=1S/C14H16FN3O2S/c1-9(7-12(19)13-3-2-6-21-13)17-14(20)18-11-4-5-16-8-10(11)15/h2-6,8-9,12,19H,7H2,1H3,(H2,16,17,18,20)/t9-,12+/m0/s1. The van der Waals surface area contributed by atoms with E-state index in [1.165, 1.54) is 23.6 Å². The van der Waals surface area contributed by atoms with Crippen LogP contribution >= 0.6 is 11.3 Å². The van der Waals surface area contributed by atoms with Crippen LogP contribution in [0.25, 0.3) is 0 Å². The number of aliphatic hydroxyl groups excluding tert-OH is 1. The van der Waals surface area contributed by atoms with Crippen molar-refractivity contribution in [2.45, 2.75) is 25.5 Å². The van der Waals surface area contributed by atoms with Crippen LogP contribution in [0.5, 0.6) is 0 Å². The number of carbonyl (C=O) groups excluding carboxylic acids is 1. The molecule has 0 saturated carbocycles. The summed E-state index contributed by atoms with van der Waals surface area (Å²) in [6.07, 6.45) is 2.17. The van der Waals surface area contributed by atoms with Crippen molar-refractivity contribution in [3.05, 3.63) is 46.7 Å². The molecule has 0 radical (unpaired) electrons. The second-order valence-corrected chi connectivity index (χ2v) is 5.60. The largest absolute Gasteiger partial charge is 0.387 e. The molecule has 0 aliphatic heterocycles. The highest BCUT2D eigenvalue weighted by atomic mass is 32.1. The number of hydrogen-bond donors (Lipinski definition) is 3. The number of carbonyl (C=O) groups is 1. The molecule has 3 N–H and O–H groups in total. The van der Waals surface area contributed by atoms with Gasteiger partial charge in [0, 0.05) is 17.1 Å². The Kier molecular flexibility index (Phi) is 5.24. The maximum Gasteiger partial charge on any atom is 0.319 e. The number of urea groups is 1. The van der Waals surface area contributed by atoms with Gasteiger partial charge in [0.1, 0.15) is 0 Å². The van der Waals surface area contributed by atoms with Gasteiger partial charge in [-0.05, 0) is 30.9 Å². The minimum Gasteiger partial charge on any atom is -0.387 e. The van der Waals surface area contributed by atoms with Gasteiger partial charge >= 0.3 is 6.03 Å². The molecule has 0 fully saturated rings. The van der Waals surface area contributed by atoms with Gasteiger partial charge in [-0.1, -0.05) is 6.07 Å². The fourth-order valence-corrected chi connectivity index (χ4v) is 2.57. The second-order valence-electron chi connectivity index (χ2n) is 4.62. The Bertz CT molecular complexity index is 592. The molecule has 2 rings (SSSR count). The van der Waals surface area contributed by atoms with Crippen LogP contribution in [0.1, 0.15) is 24.3 Å². The van der Waals surface area contributed by atoms with Gasteiger partial charge in [-0.3, -0.25) is 4.98 Å². The van der Waals surface area contributed by atoms with Gasteiger partial charge in [0.25, 0.3) is 0 Å². The first-order valence-electron chi connectivity index (χ1n) is 6.44. The number of rotatable bonds is 5. The van der Waals surface area contributed by atoms with E-state index in [4.69, 9.17) is 0 Å². The minimum absolute atomic E-state index is 0.0634. The third kappa shape index (κ3) is 4.51. The molecule has 0 aliphatic carbocycles. The summed E-state index contributed by atoms with van der Waals surface area (Å²) in [5, 5.41) is 16.9. The summed E-state index contributed by atoms with van der Waals surface area (Å²) in [5.41, 5.74) is 0.0634. The smallest absolute Gasteiger partial charge is 0.319 e. The normalized spacial score (nSPS) is 13.5. The molecular weight excluding hydrogens is 293 g/mol. The van der Waals surface area contributed by atoms with E-state index in [1.54, 1.807) is 6.92 Å². The van der Waals surface area contributed by atoms with Crippen LogP contribution in [0.3, 0.4) is 0 Å². The molecule has 2 aromatic heterocycles. The Balaban J connectivity index is 1.83. The van der Waals surface area contributed by atoms with Crippen LogP contribution in [0.15, 0.2) is 36.0 Å². The Hall–Kier alpha value is -1.99. The topological polar surface area (TPSA) is 74.2 Å². The molecule has 2 heterocycles. The van der Waals surface area contributed by atoms with Crippen molar-refractivity contribution in [2.24, 2.45) is 0 Å². The van der Waals surface area contributed by atoms with Crippen molar-refractivity contribution in [1.29, 1.82) is 0 Å². The van der Waals surface area contributed by atoms with Gasteiger partial charge < -0.3 is 15.7 Å². The molecule has 0 saturated heterocycles. The molecule has 2 atom stereocenters. The van der Waals surface area contributed by atoms with Gasteiger partial charge in [0.15, 0.2) is 5.82 Å². The summed E-state index contributed by atoms with van der Waals surface area (Å²) in [6.45, 7) is 1.78. The number of nitrogens with zero attached hydrogens (tertiary/aromatic N) is 1. The second kappa shape index (κ2) is 7.14. The van der Waals surface area contributed by atoms with E-state index >= 15 is 0 Å². The fourth-order valence-electron chi connectivity index (χ4n) is 1.85. The molecule has 0 bridgehead atoms. The van der Waals surface area contributed by atoms with Crippen molar-refractivity contribution >= 4 is 23.1 Å². The monoisotopic (exact) mass is 309 g/mol. The van der Waals surface area contributed by atoms with E-state index < -0.39 is 18.0 Å². The number of anilines is 1. The number of thiophene rings is 1. The molecule has 0 unspecified atom stereocenters. The lowest BCUT2D eigenvalue weighted by atomic mass is 10.1. The average molecular weight is 309 g/mol. The number of aliphatic hydroxyl groups is 1. The minimum atomic E-state index is -0.627. The number of amides is 2. The molecule has 5 nitrogen and oxygen atoms in total. The SMILES string of the molecule is C[C@@H](C[C@@H](O)c1cccs1)NC(=O)Nc1ccncc1F. The summed E-state index contributed by atoms with van der Waals surface area (Å²) in [6, 6.07) is 4.30. The van der Waals surface area contributed by atoms with E-state index in [0.717, 1.165) is 11.1 Å². The quantitative estimate of drug-likeness (QED) is 0.795. The first-order chi connectivity index (χ1) is 10.1. The van der Waals surface area contributed by atoms with Gasteiger partial charge in [-0.15, -0.1) is 11.3 Å². The van der Waals surface area contributed by atoms with E-state index in [1.807, 2.05) is 17.5 Å². The van der Waals surface area contributed by atoms with Crippen LogP contribution in [0.4, 0.5) is 14.9 Å². The summed E-state index contributed by atoms with van der Waals surface area (Å²) >= 11 is 1.46. The molecular formula is C14H16FN3O2S. The zero-order chi connectivity index (χ0) is 15.2.